The number of nitrogens with zero attached hydrogens (tertiary/aromatic N) is 1. The molecule has 3 heterocycles. The van der Waals surface area contributed by atoms with E-state index in [0.29, 0.717) is 16.4 Å². The second-order valence-electron chi connectivity index (χ2n) is 5.21. The number of aromatic nitrogens is 1. The lowest BCUT2D eigenvalue weighted by Crippen LogP contribution is -1.96. The van der Waals surface area contributed by atoms with Gasteiger partial charge in [-0.05, 0) is 30.5 Å². The summed E-state index contributed by atoms with van der Waals surface area (Å²) in [5.74, 6) is 1.01. The minimum Gasteiger partial charge on any atom is -0.465 e. The Hall–Kier alpha value is -2.29. The third-order valence-electron chi connectivity index (χ3n) is 3.69. The van der Waals surface area contributed by atoms with Crippen LogP contribution in [0.2, 0.25) is 0 Å². The van der Waals surface area contributed by atoms with Gasteiger partial charge in [0.1, 0.15) is 22.4 Å². The van der Waals surface area contributed by atoms with Crippen molar-refractivity contribution in [3.05, 3.63) is 47.0 Å². The van der Waals surface area contributed by atoms with Crippen molar-refractivity contribution in [2.24, 2.45) is 0 Å². The molecule has 0 amide bonds. The van der Waals surface area contributed by atoms with Crippen molar-refractivity contribution in [3.63, 3.8) is 0 Å². The first-order chi connectivity index (χ1) is 12.7. The monoisotopic (exact) mass is 403 g/mol. The van der Waals surface area contributed by atoms with Gasteiger partial charge in [-0.15, -0.1) is 34.4 Å². The third kappa shape index (κ3) is 3.11. The van der Waals surface area contributed by atoms with Crippen LogP contribution < -0.4 is 9.47 Å². The standard InChI is InChI=1S/C18H13NO4S3/c1-21-17(20)15-8-11(18(24-2)26-15)16-19-12(9-25-16)10-3-4-13-14(7-10)23-6-5-22-13/h3-9H,1-2H3. The van der Waals surface area contributed by atoms with E-state index in [1.807, 2.05) is 35.9 Å². The molecule has 1 aliphatic heterocycles. The smallest absolute Gasteiger partial charge is 0.348 e. The molecular formula is C18H13NO4S3. The molecular weight excluding hydrogens is 390 g/mol. The number of benzene rings is 1. The van der Waals surface area contributed by atoms with E-state index in [1.165, 1.54) is 31.0 Å². The molecule has 1 aliphatic rings. The van der Waals surface area contributed by atoms with Gasteiger partial charge in [0.25, 0.3) is 0 Å². The number of thiazole rings is 1. The summed E-state index contributed by atoms with van der Waals surface area (Å²) in [5, 5.41) is 2.86. The fraction of sp³-hybridized carbons (Fsp3) is 0.111. The fourth-order valence-electron chi connectivity index (χ4n) is 2.47. The van der Waals surface area contributed by atoms with Crippen LogP contribution >= 0.6 is 34.4 Å². The first-order valence-corrected chi connectivity index (χ1v) is 10.5. The van der Waals surface area contributed by atoms with E-state index in [0.717, 1.165) is 26.0 Å². The summed E-state index contributed by atoms with van der Waals surface area (Å²) in [5.41, 5.74) is 2.75. The minimum absolute atomic E-state index is 0.326. The van der Waals surface area contributed by atoms with Gasteiger partial charge in [0, 0.05) is 16.5 Å². The topological polar surface area (TPSA) is 57.7 Å². The maximum absolute atomic E-state index is 11.8. The Balaban J connectivity index is 1.69. The van der Waals surface area contributed by atoms with E-state index in [9.17, 15) is 4.79 Å². The van der Waals surface area contributed by atoms with Crippen LogP contribution in [0.3, 0.4) is 0 Å². The number of methoxy groups -OCH3 is 1. The third-order valence-corrected chi connectivity index (χ3v) is 6.82. The second kappa shape index (κ2) is 7.14. The second-order valence-corrected chi connectivity index (χ2v) is 8.20. The molecule has 0 bridgehead atoms. The van der Waals surface area contributed by atoms with Gasteiger partial charge in [-0.25, -0.2) is 9.78 Å². The molecule has 8 heteroatoms. The SMILES string of the molecule is COC(=O)c1cc(-c2nc(-c3ccc4c(c3)OC=CO4)cs2)c(SC)s1. The highest BCUT2D eigenvalue weighted by Gasteiger charge is 2.19. The molecule has 1 aromatic carbocycles. The number of carbonyl (C=O) groups excluding carboxylic acids is 1. The lowest BCUT2D eigenvalue weighted by atomic mass is 10.1. The molecule has 0 radical (unpaired) electrons. The largest absolute Gasteiger partial charge is 0.465 e. The zero-order chi connectivity index (χ0) is 18.1. The number of thioether (sulfide) groups is 1. The quantitative estimate of drug-likeness (QED) is 0.436. The summed E-state index contributed by atoms with van der Waals surface area (Å²) in [4.78, 5) is 17.2. The average molecular weight is 404 g/mol. The first-order valence-electron chi connectivity index (χ1n) is 7.54. The maximum Gasteiger partial charge on any atom is 0.348 e. The highest BCUT2D eigenvalue weighted by atomic mass is 32.2. The molecule has 0 aliphatic carbocycles. The number of fused-ring (bicyclic) bond motifs is 1. The predicted octanol–water partition coefficient (Wildman–Crippen LogP) is 5.29. The van der Waals surface area contributed by atoms with Crippen molar-refractivity contribution in [1.82, 2.24) is 4.98 Å². The molecule has 0 atom stereocenters. The van der Waals surface area contributed by atoms with E-state index in [2.05, 4.69) is 0 Å². The number of hydrogen-bond acceptors (Lipinski definition) is 8. The molecule has 4 rings (SSSR count). The van der Waals surface area contributed by atoms with Gasteiger partial charge in [-0.3, -0.25) is 0 Å². The van der Waals surface area contributed by atoms with Crippen molar-refractivity contribution in [1.29, 1.82) is 0 Å². The molecule has 5 nitrogen and oxygen atoms in total. The molecule has 0 saturated heterocycles. The van der Waals surface area contributed by atoms with Crippen molar-refractivity contribution < 1.29 is 19.0 Å². The van der Waals surface area contributed by atoms with Crippen LogP contribution in [0.4, 0.5) is 0 Å². The Morgan fingerprint density at radius 2 is 2.00 bits per heavy atom. The molecule has 0 N–H and O–H groups in total. The van der Waals surface area contributed by atoms with Gasteiger partial charge < -0.3 is 14.2 Å². The summed E-state index contributed by atoms with van der Waals surface area (Å²) in [6, 6.07) is 7.56. The summed E-state index contributed by atoms with van der Waals surface area (Å²) in [7, 11) is 1.39. The maximum atomic E-state index is 11.8. The summed E-state index contributed by atoms with van der Waals surface area (Å²) < 4.78 is 16.7. The molecule has 0 fully saturated rings. The summed E-state index contributed by atoms with van der Waals surface area (Å²) >= 11 is 4.56. The number of rotatable bonds is 4. The number of carbonyl (C=O) groups is 1. The lowest BCUT2D eigenvalue weighted by molar-refractivity contribution is 0.0606. The molecule has 26 heavy (non-hydrogen) atoms. The minimum atomic E-state index is -0.326. The Labute approximate surface area is 162 Å². The zero-order valence-electron chi connectivity index (χ0n) is 13.8. The van der Waals surface area contributed by atoms with Crippen molar-refractivity contribution >= 4 is 40.4 Å². The molecule has 0 unspecified atom stereocenters. The van der Waals surface area contributed by atoms with Crippen LogP contribution in [0.25, 0.3) is 21.8 Å². The van der Waals surface area contributed by atoms with Crippen molar-refractivity contribution in [3.8, 4) is 33.3 Å². The van der Waals surface area contributed by atoms with Gasteiger partial charge in [0.15, 0.2) is 11.5 Å². The van der Waals surface area contributed by atoms with E-state index >= 15 is 0 Å². The van der Waals surface area contributed by atoms with Crippen LogP contribution in [-0.4, -0.2) is 24.3 Å². The van der Waals surface area contributed by atoms with Crippen LogP contribution in [0, 0.1) is 0 Å². The van der Waals surface area contributed by atoms with E-state index in [1.54, 1.807) is 23.1 Å². The van der Waals surface area contributed by atoms with Gasteiger partial charge >= 0.3 is 5.97 Å². The van der Waals surface area contributed by atoms with Gasteiger partial charge in [-0.1, -0.05) is 0 Å². The number of thiophene rings is 1. The van der Waals surface area contributed by atoms with E-state index in [4.69, 9.17) is 19.2 Å². The average Bonchev–Trinajstić information content (AvgIpc) is 3.33. The Kier molecular flexibility index (Phi) is 4.71. The van der Waals surface area contributed by atoms with E-state index in [-0.39, 0.29) is 5.97 Å². The first kappa shape index (κ1) is 17.1. The molecule has 3 aromatic rings. The van der Waals surface area contributed by atoms with Gasteiger partial charge in [-0.2, -0.15) is 0 Å². The normalized spacial score (nSPS) is 12.2. The number of esters is 1. The predicted molar refractivity (Wildman–Crippen MR) is 104 cm³/mol. The van der Waals surface area contributed by atoms with Crippen LogP contribution in [0.15, 0.2) is 46.4 Å². The lowest BCUT2D eigenvalue weighted by Gasteiger charge is -2.12. The van der Waals surface area contributed by atoms with Crippen LogP contribution in [0.5, 0.6) is 11.5 Å². The number of ether oxygens (including phenoxy) is 3. The van der Waals surface area contributed by atoms with Gasteiger partial charge in [0.05, 0.1) is 17.0 Å². The highest BCUT2D eigenvalue weighted by Crippen LogP contribution is 2.41. The van der Waals surface area contributed by atoms with Crippen molar-refractivity contribution in [2.75, 3.05) is 13.4 Å². The number of hydrogen-bond donors (Lipinski definition) is 0. The fourth-order valence-corrected chi connectivity index (χ4v) is 5.23. The molecule has 0 spiro atoms. The molecule has 132 valence electrons. The summed E-state index contributed by atoms with van der Waals surface area (Å²) in [6.07, 6.45) is 4.99. The van der Waals surface area contributed by atoms with Crippen molar-refractivity contribution in [2.45, 2.75) is 4.21 Å². The molecule has 0 saturated carbocycles. The molecule has 2 aromatic heterocycles. The summed E-state index contributed by atoms with van der Waals surface area (Å²) in [6.45, 7) is 0. The van der Waals surface area contributed by atoms with Gasteiger partial charge in [0.2, 0.25) is 0 Å². The zero-order valence-corrected chi connectivity index (χ0v) is 16.3. The van der Waals surface area contributed by atoms with Crippen LogP contribution in [0.1, 0.15) is 9.67 Å². The van der Waals surface area contributed by atoms with E-state index < -0.39 is 0 Å². The highest BCUT2D eigenvalue weighted by molar-refractivity contribution is 8.00. The van der Waals surface area contributed by atoms with Crippen LogP contribution in [-0.2, 0) is 4.74 Å². The Bertz CT molecular complexity index is 1010. The Morgan fingerprint density at radius 1 is 1.19 bits per heavy atom. The Morgan fingerprint density at radius 3 is 2.77 bits per heavy atom.